The molecule has 0 aliphatic carbocycles. The maximum atomic E-state index is 11.2. The monoisotopic (exact) mass is 230 g/mol. The van der Waals surface area contributed by atoms with Crippen LogP contribution in [0.25, 0.3) is 0 Å². The van der Waals surface area contributed by atoms with Crippen molar-refractivity contribution in [2.24, 2.45) is 11.5 Å². The van der Waals surface area contributed by atoms with Crippen molar-refractivity contribution >= 4 is 11.9 Å². The summed E-state index contributed by atoms with van der Waals surface area (Å²) in [5.74, 6) is -1.56. The molecule has 0 rings (SSSR count). The lowest BCUT2D eigenvalue weighted by Crippen LogP contribution is -2.34. The Morgan fingerprint density at radius 1 is 1.31 bits per heavy atom. The number of hydrogen-bond acceptors (Lipinski definition) is 5. The van der Waals surface area contributed by atoms with Gasteiger partial charge in [0.25, 0.3) is 0 Å². The van der Waals surface area contributed by atoms with Crippen molar-refractivity contribution in [2.75, 3.05) is 6.61 Å². The number of esters is 1. The molecule has 0 aromatic rings. The molecule has 0 aromatic carbocycles. The first-order chi connectivity index (χ1) is 7.49. The average molecular weight is 230 g/mol. The Bertz CT molecular complexity index is 255. The smallest absolute Gasteiger partial charge is 0.323 e. The van der Waals surface area contributed by atoms with Crippen LogP contribution in [0.1, 0.15) is 19.3 Å². The first-order valence-electron chi connectivity index (χ1n) is 5.00. The van der Waals surface area contributed by atoms with Crippen molar-refractivity contribution in [1.82, 2.24) is 0 Å². The Hall–Kier alpha value is -1.40. The summed E-state index contributed by atoms with van der Waals surface area (Å²) in [6.07, 6.45) is 2.57. The minimum atomic E-state index is -1.05. The second-order valence-electron chi connectivity index (χ2n) is 3.40. The number of aliphatic carboxylic acids is 1. The normalized spacial score (nSPS) is 13.9. The molecule has 0 fully saturated rings. The van der Waals surface area contributed by atoms with Crippen molar-refractivity contribution < 1.29 is 19.4 Å². The number of hydrogen-bond donors (Lipinski definition) is 3. The van der Waals surface area contributed by atoms with Crippen LogP contribution < -0.4 is 11.5 Å². The van der Waals surface area contributed by atoms with Crippen LogP contribution in [0.3, 0.4) is 0 Å². The van der Waals surface area contributed by atoms with Crippen LogP contribution in [-0.4, -0.2) is 35.7 Å². The molecule has 0 aliphatic rings. The van der Waals surface area contributed by atoms with E-state index in [0.29, 0.717) is 12.8 Å². The summed E-state index contributed by atoms with van der Waals surface area (Å²) in [6.45, 7) is 3.52. The van der Waals surface area contributed by atoms with E-state index in [-0.39, 0.29) is 13.0 Å². The lowest BCUT2D eigenvalue weighted by molar-refractivity contribution is -0.144. The van der Waals surface area contributed by atoms with E-state index in [4.69, 9.17) is 21.3 Å². The van der Waals surface area contributed by atoms with Crippen LogP contribution in [0.5, 0.6) is 0 Å². The zero-order chi connectivity index (χ0) is 12.6. The third kappa shape index (κ3) is 6.15. The SMILES string of the molecule is C=CCOC(=O)C(N)CCCC(N)C(=O)O. The van der Waals surface area contributed by atoms with Gasteiger partial charge in [-0.25, -0.2) is 0 Å². The van der Waals surface area contributed by atoms with Crippen LogP contribution >= 0.6 is 0 Å². The van der Waals surface area contributed by atoms with Gasteiger partial charge in [-0.05, 0) is 19.3 Å². The molecule has 0 aliphatic heterocycles. The molecule has 0 radical (unpaired) electrons. The fraction of sp³-hybridized carbons (Fsp3) is 0.600. The van der Waals surface area contributed by atoms with Crippen molar-refractivity contribution in [2.45, 2.75) is 31.3 Å². The van der Waals surface area contributed by atoms with E-state index < -0.39 is 24.0 Å². The van der Waals surface area contributed by atoms with Gasteiger partial charge in [-0.15, -0.1) is 0 Å². The molecule has 5 N–H and O–H groups in total. The van der Waals surface area contributed by atoms with Crippen molar-refractivity contribution in [3.63, 3.8) is 0 Å². The molecule has 6 nitrogen and oxygen atoms in total. The summed E-state index contributed by atoms with van der Waals surface area (Å²) >= 11 is 0. The van der Waals surface area contributed by atoms with E-state index in [1.807, 2.05) is 0 Å². The quantitative estimate of drug-likeness (QED) is 0.387. The molecule has 2 unspecified atom stereocenters. The highest BCUT2D eigenvalue weighted by atomic mass is 16.5. The molecule has 0 saturated carbocycles. The van der Waals surface area contributed by atoms with Crippen LogP contribution in [-0.2, 0) is 14.3 Å². The average Bonchev–Trinajstić information content (AvgIpc) is 2.25. The molecular weight excluding hydrogens is 212 g/mol. The van der Waals surface area contributed by atoms with E-state index in [1.54, 1.807) is 0 Å². The highest BCUT2D eigenvalue weighted by Crippen LogP contribution is 2.03. The number of carboxylic acids is 1. The third-order valence-corrected chi connectivity index (χ3v) is 1.99. The van der Waals surface area contributed by atoms with Gasteiger partial charge < -0.3 is 21.3 Å². The molecule has 0 saturated heterocycles. The van der Waals surface area contributed by atoms with Crippen molar-refractivity contribution in [1.29, 1.82) is 0 Å². The largest absolute Gasteiger partial charge is 0.480 e. The fourth-order valence-electron chi connectivity index (χ4n) is 1.05. The van der Waals surface area contributed by atoms with Crippen LogP contribution in [0.15, 0.2) is 12.7 Å². The number of nitrogens with two attached hydrogens (primary N) is 2. The van der Waals surface area contributed by atoms with Gasteiger partial charge in [0, 0.05) is 0 Å². The summed E-state index contributed by atoms with van der Waals surface area (Å²) in [5, 5.41) is 8.51. The lowest BCUT2D eigenvalue weighted by Gasteiger charge is -2.11. The van der Waals surface area contributed by atoms with Gasteiger partial charge in [0.1, 0.15) is 18.7 Å². The van der Waals surface area contributed by atoms with E-state index >= 15 is 0 Å². The molecule has 0 aromatic heterocycles. The molecule has 0 spiro atoms. The van der Waals surface area contributed by atoms with Crippen molar-refractivity contribution in [3.05, 3.63) is 12.7 Å². The van der Waals surface area contributed by atoms with E-state index in [9.17, 15) is 9.59 Å². The summed E-state index contributed by atoms with van der Waals surface area (Å²) in [4.78, 5) is 21.6. The Balaban J connectivity index is 3.72. The molecular formula is C10H18N2O4. The van der Waals surface area contributed by atoms with Gasteiger partial charge in [-0.1, -0.05) is 12.7 Å². The molecule has 2 atom stereocenters. The Kier molecular flexibility index (Phi) is 7.15. The molecule has 6 heteroatoms. The number of carbonyl (C=O) groups is 2. The Morgan fingerprint density at radius 3 is 2.38 bits per heavy atom. The summed E-state index contributed by atoms with van der Waals surface area (Å²) in [6, 6.07) is -1.64. The number of rotatable bonds is 8. The Labute approximate surface area is 94.2 Å². The third-order valence-electron chi connectivity index (χ3n) is 1.99. The van der Waals surface area contributed by atoms with Crippen LogP contribution in [0, 0.1) is 0 Å². The van der Waals surface area contributed by atoms with E-state index in [2.05, 4.69) is 6.58 Å². The maximum absolute atomic E-state index is 11.2. The highest BCUT2D eigenvalue weighted by molar-refractivity contribution is 5.75. The molecule has 0 amide bonds. The number of carbonyl (C=O) groups excluding carboxylic acids is 1. The predicted molar refractivity (Wildman–Crippen MR) is 58.6 cm³/mol. The number of carboxylic acid groups (broad SMARTS) is 1. The molecule has 92 valence electrons. The van der Waals surface area contributed by atoms with Crippen LogP contribution in [0.4, 0.5) is 0 Å². The first kappa shape index (κ1) is 14.6. The van der Waals surface area contributed by atoms with Gasteiger partial charge in [-0.2, -0.15) is 0 Å². The zero-order valence-electron chi connectivity index (χ0n) is 9.09. The zero-order valence-corrected chi connectivity index (χ0v) is 9.09. The van der Waals surface area contributed by atoms with Gasteiger partial charge in [0.2, 0.25) is 0 Å². The molecule has 0 heterocycles. The molecule has 0 bridgehead atoms. The Morgan fingerprint density at radius 2 is 1.88 bits per heavy atom. The van der Waals surface area contributed by atoms with Gasteiger partial charge in [0.05, 0.1) is 0 Å². The fourth-order valence-corrected chi connectivity index (χ4v) is 1.05. The van der Waals surface area contributed by atoms with Gasteiger partial charge in [0.15, 0.2) is 0 Å². The second kappa shape index (κ2) is 7.84. The van der Waals surface area contributed by atoms with E-state index in [0.717, 1.165) is 0 Å². The van der Waals surface area contributed by atoms with Crippen LogP contribution in [0.2, 0.25) is 0 Å². The maximum Gasteiger partial charge on any atom is 0.323 e. The standard InChI is InChI=1S/C10H18N2O4/c1-2-6-16-10(15)8(12)5-3-4-7(11)9(13)14/h2,7-8H,1,3-6,11-12H2,(H,13,14). The molecule has 16 heavy (non-hydrogen) atoms. The summed E-state index contributed by atoms with van der Waals surface area (Å²) < 4.78 is 4.73. The second-order valence-corrected chi connectivity index (χ2v) is 3.40. The number of ether oxygens (including phenoxy) is 1. The highest BCUT2D eigenvalue weighted by Gasteiger charge is 2.16. The minimum Gasteiger partial charge on any atom is -0.480 e. The minimum absolute atomic E-state index is 0.126. The van der Waals surface area contributed by atoms with Gasteiger partial charge in [-0.3, -0.25) is 9.59 Å². The summed E-state index contributed by atoms with van der Waals surface area (Å²) in [5.41, 5.74) is 10.8. The van der Waals surface area contributed by atoms with Crippen molar-refractivity contribution in [3.8, 4) is 0 Å². The summed E-state index contributed by atoms with van der Waals surface area (Å²) in [7, 11) is 0. The van der Waals surface area contributed by atoms with Gasteiger partial charge >= 0.3 is 11.9 Å². The predicted octanol–water partition coefficient (Wildman–Crippen LogP) is -0.375. The lowest BCUT2D eigenvalue weighted by atomic mass is 10.1. The van der Waals surface area contributed by atoms with E-state index in [1.165, 1.54) is 6.08 Å². The first-order valence-corrected chi connectivity index (χ1v) is 5.00. The topological polar surface area (TPSA) is 116 Å².